The fourth-order valence-electron chi connectivity index (χ4n) is 6.31. The van der Waals surface area contributed by atoms with Crippen molar-refractivity contribution in [3.63, 3.8) is 0 Å². The van der Waals surface area contributed by atoms with Crippen LogP contribution in [0.4, 0.5) is 5.95 Å². The van der Waals surface area contributed by atoms with Gasteiger partial charge in [-0.05, 0) is 67.9 Å². The van der Waals surface area contributed by atoms with Crippen LogP contribution < -0.4 is 9.46 Å². The first kappa shape index (κ1) is 32.7. The SMILES string of the molecule is Cc1cccc(C)c1-c1cc2nc(n1)NS(=O)(=O)c1cccc(c1)C(=O)N(Cc1cnc3oc(C(C)(C)C)cc3n1)[C@H](CC1(C)CC1)CO2. The van der Waals surface area contributed by atoms with Gasteiger partial charge in [0, 0.05) is 28.7 Å². The molecule has 1 amide bonds. The normalized spacial score (nSPS) is 18.5. The number of aromatic nitrogens is 4. The number of nitrogens with zero attached hydrogens (tertiary/aromatic N) is 5. The number of hydrogen-bond donors (Lipinski definition) is 1. The summed E-state index contributed by atoms with van der Waals surface area (Å²) in [5.74, 6) is 0.505. The van der Waals surface area contributed by atoms with Crippen LogP contribution in [-0.2, 0) is 22.0 Å². The molecular weight excluding hydrogens is 641 g/mol. The van der Waals surface area contributed by atoms with E-state index in [0.717, 1.165) is 35.3 Å². The molecule has 5 aromatic rings. The molecule has 1 N–H and O–H groups in total. The van der Waals surface area contributed by atoms with E-state index in [-0.39, 0.29) is 52.2 Å². The smallest absolute Gasteiger partial charge is 0.264 e. The molecule has 7 rings (SSSR count). The summed E-state index contributed by atoms with van der Waals surface area (Å²) in [6.07, 6.45) is 4.37. The minimum Gasteiger partial charge on any atom is -0.475 e. The molecule has 0 unspecified atom stereocenters. The molecule has 1 atom stereocenters. The maximum absolute atomic E-state index is 14.5. The molecule has 12 heteroatoms. The molecule has 1 saturated carbocycles. The molecule has 0 radical (unpaired) electrons. The third-order valence-corrected chi connectivity index (χ3v) is 10.7. The van der Waals surface area contributed by atoms with Gasteiger partial charge in [0.2, 0.25) is 17.5 Å². The van der Waals surface area contributed by atoms with Gasteiger partial charge in [-0.2, -0.15) is 4.98 Å². The summed E-state index contributed by atoms with van der Waals surface area (Å²) in [6.45, 7) is 12.6. The first-order chi connectivity index (χ1) is 23.2. The van der Waals surface area contributed by atoms with Crippen LogP contribution in [0.25, 0.3) is 22.5 Å². The predicted octanol–water partition coefficient (Wildman–Crippen LogP) is 6.99. The summed E-state index contributed by atoms with van der Waals surface area (Å²) in [7, 11) is -4.18. The number of sulfonamides is 1. The maximum atomic E-state index is 14.5. The zero-order chi connectivity index (χ0) is 34.7. The molecule has 1 aliphatic carbocycles. The van der Waals surface area contributed by atoms with E-state index in [9.17, 15) is 13.2 Å². The standard InChI is InChI=1S/C37H40N6O5S/c1-22-9-7-10-23(2)32(22)28-17-31-41-35(40-28)42-49(45,46)27-12-8-11-24(15-27)34(44)43(26(21-47-31)18-37(6)13-14-37)20-25-19-38-33-29(39-25)16-30(48-33)36(3,4)5/h7-12,15-17,19,26H,13-14,18,20-21H2,1-6H3,(H,40,41,42)/t26-/m1/s1. The largest absolute Gasteiger partial charge is 0.475 e. The average Bonchev–Trinajstić information content (AvgIpc) is 3.60. The molecule has 11 nitrogen and oxygen atoms in total. The highest BCUT2D eigenvalue weighted by Gasteiger charge is 2.42. The monoisotopic (exact) mass is 680 g/mol. The van der Waals surface area contributed by atoms with Gasteiger partial charge in [0.25, 0.3) is 15.9 Å². The summed E-state index contributed by atoms with van der Waals surface area (Å²) >= 11 is 0. The van der Waals surface area contributed by atoms with Crippen molar-refractivity contribution in [1.29, 1.82) is 0 Å². The second kappa shape index (κ2) is 11.9. The molecule has 4 bridgehead atoms. The van der Waals surface area contributed by atoms with E-state index < -0.39 is 16.1 Å². The van der Waals surface area contributed by atoms with Crippen LogP contribution in [0.15, 0.2) is 70.1 Å². The Morgan fingerprint density at radius 3 is 2.45 bits per heavy atom. The Bertz CT molecular complexity index is 2180. The lowest BCUT2D eigenvalue weighted by molar-refractivity contribution is 0.0537. The van der Waals surface area contributed by atoms with Gasteiger partial charge in [-0.3, -0.25) is 4.79 Å². The lowest BCUT2D eigenvalue weighted by Gasteiger charge is -2.33. The first-order valence-corrected chi connectivity index (χ1v) is 17.9. The first-order valence-electron chi connectivity index (χ1n) is 16.5. The lowest BCUT2D eigenvalue weighted by Crippen LogP contribution is -2.44. The number of benzene rings is 2. The van der Waals surface area contributed by atoms with Crippen LogP contribution in [0.5, 0.6) is 5.88 Å². The molecule has 1 fully saturated rings. The molecule has 0 spiro atoms. The van der Waals surface area contributed by atoms with Crippen molar-refractivity contribution in [2.75, 3.05) is 11.3 Å². The number of rotatable bonds is 5. The number of anilines is 1. The van der Waals surface area contributed by atoms with Crippen molar-refractivity contribution in [3.05, 3.63) is 88.9 Å². The van der Waals surface area contributed by atoms with Crippen molar-refractivity contribution in [3.8, 4) is 17.1 Å². The second-order valence-corrected chi connectivity index (χ2v) is 16.3. The summed E-state index contributed by atoms with van der Waals surface area (Å²) in [4.78, 5) is 34.7. The van der Waals surface area contributed by atoms with Gasteiger partial charge in [0.05, 0.1) is 35.1 Å². The third kappa shape index (κ3) is 6.74. The summed E-state index contributed by atoms with van der Waals surface area (Å²) < 4.78 is 42.3. The van der Waals surface area contributed by atoms with Crippen molar-refractivity contribution in [2.24, 2.45) is 5.41 Å². The van der Waals surface area contributed by atoms with E-state index >= 15 is 0 Å². The second-order valence-electron chi connectivity index (χ2n) is 14.6. The molecule has 3 aromatic heterocycles. The number of amides is 1. The number of aryl methyl sites for hydroxylation is 2. The summed E-state index contributed by atoms with van der Waals surface area (Å²) in [5.41, 5.74) is 4.99. The lowest BCUT2D eigenvalue weighted by atomic mass is 9.93. The van der Waals surface area contributed by atoms with Crippen molar-refractivity contribution >= 4 is 33.1 Å². The van der Waals surface area contributed by atoms with Gasteiger partial charge in [-0.25, -0.2) is 28.1 Å². The number of carbonyl (C=O) groups is 1. The van der Waals surface area contributed by atoms with E-state index in [1.165, 1.54) is 12.1 Å². The zero-order valence-electron chi connectivity index (χ0n) is 28.6. The van der Waals surface area contributed by atoms with Gasteiger partial charge < -0.3 is 14.1 Å². The Kier molecular flexibility index (Phi) is 7.97. The Balaban J connectivity index is 1.34. The van der Waals surface area contributed by atoms with Gasteiger partial charge in [0.1, 0.15) is 17.9 Å². The van der Waals surface area contributed by atoms with Crippen LogP contribution in [0, 0.1) is 19.3 Å². The van der Waals surface area contributed by atoms with Crippen LogP contribution in [0.1, 0.15) is 79.9 Å². The minimum absolute atomic E-state index is 0.0370. The predicted molar refractivity (Wildman–Crippen MR) is 186 cm³/mol. The Labute approximate surface area is 286 Å². The topological polar surface area (TPSA) is 140 Å². The van der Waals surface area contributed by atoms with Gasteiger partial charge in [0.15, 0.2) is 0 Å². The van der Waals surface area contributed by atoms with Crippen LogP contribution >= 0.6 is 0 Å². The Morgan fingerprint density at radius 2 is 1.73 bits per heavy atom. The number of ether oxygens (including phenoxy) is 1. The van der Waals surface area contributed by atoms with Crippen LogP contribution in [0.2, 0.25) is 0 Å². The number of fused-ring (bicyclic) bond motifs is 5. The van der Waals surface area contributed by atoms with Crippen molar-refractivity contribution < 1.29 is 22.4 Å². The van der Waals surface area contributed by atoms with E-state index in [1.54, 1.807) is 29.3 Å². The average molecular weight is 681 g/mol. The molecule has 254 valence electrons. The molecule has 1 aliphatic heterocycles. The molecule has 4 heterocycles. The van der Waals surface area contributed by atoms with E-state index in [2.05, 4.69) is 47.4 Å². The van der Waals surface area contributed by atoms with E-state index in [4.69, 9.17) is 14.1 Å². The number of carbonyl (C=O) groups excluding carboxylic acids is 1. The number of hydrogen-bond acceptors (Lipinski definition) is 9. The summed E-state index contributed by atoms with van der Waals surface area (Å²) in [5, 5.41) is 0. The minimum atomic E-state index is -4.18. The Hall–Kier alpha value is -4.84. The van der Waals surface area contributed by atoms with Gasteiger partial charge in [-0.15, -0.1) is 0 Å². The van der Waals surface area contributed by atoms with Crippen LogP contribution in [0.3, 0.4) is 0 Å². The Morgan fingerprint density at radius 1 is 1.00 bits per heavy atom. The zero-order valence-corrected chi connectivity index (χ0v) is 29.4. The molecular formula is C37H40N6O5S. The van der Waals surface area contributed by atoms with Gasteiger partial charge >= 0.3 is 0 Å². The highest BCUT2D eigenvalue weighted by molar-refractivity contribution is 7.92. The van der Waals surface area contributed by atoms with Crippen molar-refractivity contribution in [1.82, 2.24) is 24.8 Å². The van der Waals surface area contributed by atoms with Crippen molar-refractivity contribution in [2.45, 2.75) is 83.7 Å². The quantitative estimate of drug-likeness (QED) is 0.208. The number of furan rings is 1. The fraction of sp³-hybridized carbons (Fsp3) is 0.378. The third-order valence-electron chi connectivity index (χ3n) is 9.37. The van der Waals surface area contributed by atoms with Crippen LogP contribution in [-0.4, -0.2) is 51.8 Å². The van der Waals surface area contributed by atoms with E-state index in [1.807, 2.05) is 38.1 Å². The molecule has 2 aliphatic rings. The molecule has 49 heavy (non-hydrogen) atoms. The number of nitrogens with one attached hydrogen (secondary N) is 1. The molecule has 2 aromatic carbocycles. The fourth-order valence-corrected chi connectivity index (χ4v) is 7.30. The summed E-state index contributed by atoms with van der Waals surface area (Å²) in [6, 6.07) is 15.2. The highest BCUT2D eigenvalue weighted by Crippen LogP contribution is 2.49. The highest BCUT2D eigenvalue weighted by atomic mass is 32.2. The molecule has 0 saturated heterocycles. The van der Waals surface area contributed by atoms with Gasteiger partial charge in [-0.1, -0.05) is 52.0 Å². The van der Waals surface area contributed by atoms with E-state index in [0.29, 0.717) is 29.0 Å². The maximum Gasteiger partial charge on any atom is 0.264 e.